The van der Waals surface area contributed by atoms with Crippen LogP contribution in [0.4, 0.5) is 5.69 Å². The molecule has 1 amide bonds. The molecule has 2 rings (SSSR count). The summed E-state index contributed by atoms with van der Waals surface area (Å²) in [5.74, 6) is 1.04. The van der Waals surface area contributed by atoms with Crippen molar-refractivity contribution in [3.05, 3.63) is 47.1 Å². The van der Waals surface area contributed by atoms with Crippen LogP contribution < -0.4 is 14.8 Å². The number of ether oxygens (including phenoxy) is 3. The Labute approximate surface area is 158 Å². The molecule has 140 valence electrons. The number of pyridine rings is 1. The highest BCUT2D eigenvalue weighted by Crippen LogP contribution is 2.22. The van der Waals surface area contributed by atoms with Crippen LogP contribution in [0.5, 0.6) is 11.6 Å². The van der Waals surface area contributed by atoms with Gasteiger partial charge in [0.05, 0.1) is 13.2 Å². The van der Waals surface area contributed by atoms with Gasteiger partial charge in [-0.05, 0) is 49.2 Å². The van der Waals surface area contributed by atoms with Crippen molar-refractivity contribution in [1.29, 1.82) is 0 Å². The number of methoxy groups -OCH3 is 1. The number of hydrogen-bond acceptors (Lipinski definition) is 5. The maximum absolute atomic E-state index is 12.1. The summed E-state index contributed by atoms with van der Waals surface area (Å²) in [4.78, 5) is 16.3. The Morgan fingerprint density at radius 1 is 1.19 bits per heavy atom. The highest BCUT2D eigenvalue weighted by atomic mass is 35.5. The van der Waals surface area contributed by atoms with Crippen molar-refractivity contribution in [2.24, 2.45) is 0 Å². The number of hydrogen-bond donors (Lipinski definition) is 1. The van der Waals surface area contributed by atoms with Gasteiger partial charge in [-0.15, -0.1) is 0 Å². The number of aryl methyl sites for hydroxylation is 1. The second kappa shape index (κ2) is 10.6. The molecule has 0 aliphatic rings. The van der Waals surface area contributed by atoms with Crippen molar-refractivity contribution in [3.63, 3.8) is 0 Å². The molecule has 0 fully saturated rings. The molecule has 0 saturated carbocycles. The number of rotatable bonds is 10. The normalized spacial score (nSPS) is 10.4. The lowest BCUT2D eigenvalue weighted by Crippen LogP contribution is -2.15. The van der Waals surface area contributed by atoms with Gasteiger partial charge in [0.25, 0.3) is 0 Å². The van der Waals surface area contributed by atoms with Gasteiger partial charge in [0, 0.05) is 24.8 Å². The lowest BCUT2D eigenvalue weighted by molar-refractivity contribution is -0.116. The molecule has 0 bridgehead atoms. The van der Waals surface area contributed by atoms with E-state index in [9.17, 15) is 4.79 Å². The predicted octanol–water partition coefficient (Wildman–Crippen LogP) is 3.87. The quantitative estimate of drug-likeness (QED) is 0.635. The van der Waals surface area contributed by atoms with Crippen molar-refractivity contribution in [1.82, 2.24) is 4.98 Å². The summed E-state index contributed by atoms with van der Waals surface area (Å²) in [6, 6.07) is 8.95. The summed E-state index contributed by atoms with van der Waals surface area (Å²) in [7, 11) is 1.60. The molecular formula is C19H23ClN2O4. The number of halogens is 1. The summed E-state index contributed by atoms with van der Waals surface area (Å²) in [6.07, 6.45) is 2.53. The van der Waals surface area contributed by atoms with Crippen LogP contribution in [0, 0.1) is 6.92 Å². The van der Waals surface area contributed by atoms with E-state index >= 15 is 0 Å². The Hall–Kier alpha value is -2.31. The first-order valence-electron chi connectivity index (χ1n) is 8.35. The smallest absolute Gasteiger partial charge is 0.237 e. The highest BCUT2D eigenvalue weighted by molar-refractivity contribution is 6.30. The number of carbonyl (C=O) groups excluding carboxylic acids is 1. The van der Waals surface area contributed by atoms with Gasteiger partial charge in [-0.2, -0.15) is 0 Å². The van der Waals surface area contributed by atoms with Crippen molar-refractivity contribution in [3.8, 4) is 11.6 Å². The zero-order valence-electron chi connectivity index (χ0n) is 15.0. The van der Waals surface area contributed by atoms with E-state index in [1.165, 1.54) is 0 Å². The third kappa shape index (κ3) is 6.54. The molecule has 2 aromatic rings. The molecule has 1 aromatic carbocycles. The van der Waals surface area contributed by atoms with Crippen molar-refractivity contribution in [2.45, 2.75) is 19.8 Å². The van der Waals surface area contributed by atoms with Gasteiger partial charge in [0.1, 0.15) is 18.0 Å². The molecular weight excluding hydrogens is 356 g/mol. The van der Waals surface area contributed by atoms with Crippen molar-refractivity contribution >= 4 is 23.2 Å². The number of amides is 1. The number of aromatic nitrogens is 1. The first kappa shape index (κ1) is 20.0. The van der Waals surface area contributed by atoms with Gasteiger partial charge in [0.15, 0.2) is 0 Å². The summed E-state index contributed by atoms with van der Waals surface area (Å²) < 4.78 is 16.1. The van der Waals surface area contributed by atoms with Crippen LogP contribution in [0.15, 0.2) is 36.5 Å². The van der Waals surface area contributed by atoms with Gasteiger partial charge >= 0.3 is 0 Å². The van der Waals surface area contributed by atoms with Gasteiger partial charge in [-0.3, -0.25) is 4.79 Å². The Bertz CT molecular complexity index is 724. The van der Waals surface area contributed by atoms with Crippen LogP contribution in [0.2, 0.25) is 5.02 Å². The SMILES string of the molecule is COCCOc1ncccc1NC(=O)CCCOc1ccc(Cl)cc1C. The summed E-state index contributed by atoms with van der Waals surface area (Å²) >= 11 is 5.92. The lowest BCUT2D eigenvalue weighted by atomic mass is 10.2. The molecule has 0 aliphatic heterocycles. The number of anilines is 1. The largest absolute Gasteiger partial charge is 0.493 e. The molecule has 6 nitrogen and oxygen atoms in total. The van der Waals surface area contributed by atoms with Gasteiger partial charge < -0.3 is 19.5 Å². The standard InChI is InChI=1S/C19H23ClN2O4/c1-14-13-15(20)7-8-17(14)25-10-4-6-18(23)22-16-5-3-9-21-19(16)26-12-11-24-2/h3,5,7-9,13H,4,6,10-12H2,1-2H3,(H,22,23). The van der Waals surface area contributed by atoms with E-state index in [0.29, 0.717) is 49.3 Å². The lowest BCUT2D eigenvalue weighted by Gasteiger charge is -2.11. The zero-order chi connectivity index (χ0) is 18.8. The van der Waals surface area contributed by atoms with E-state index in [1.54, 1.807) is 31.5 Å². The fraction of sp³-hybridized carbons (Fsp3) is 0.368. The third-order valence-corrected chi connectivity index (χ3v) is 3.75. The molecule has 26 heavy (non-hydrogen) atoms. The fourth-order valence-corrected chi connectivity index (χ4v) is 2.45. The van der Waals surface area contributed by atoms with E-state index < -0.39 is 0 Å². The molecule has 0 saturated heterocycles. The predicted molar refractivity (Wildman–Crippen MR) is 101 cm³/mol. The van der Waals surface area contributed by atoms with Crippen LogP contribution >= 0.6 is 11.6 Å². The zero-order valence-corrected chi connectivity index (χ0v) is 15.7. The highest BCUT2D eigenvalue weighted by Gasteiger charge is 2.09. The Balaban J connectivity index is 1.76. The first-order valence-corrected chi connectivity index (χ1v) is 8.73. The molecule has 1 heterocycles. The topological polar surface area (TPSA) is 69.7 Å². The van der Waals surface area contributed by atoms with E-state index in [0.717, 1.165) is 11.3 Å². The van der Waals surface area contributed by atoms with Gasteiger partial charge in [0.2, 0.25) is 11.8 Å². The molecule has 0 radical (unpaired) electrons. The van der Waals surface area contributed by atoms with Gasteiger partial charge in [-0.25, -0.2) is 4.98 Å². The Morgan fingerprint density at radius 3 is 2.81 bits per heavy atom. The summed E-state index contributed by atoms with van der Waals surface area (Å²) in [6.45, 7) is 3.19. The molecule has 0 aliphatic carbocycles. The molecule has 0 unspecified atom stereocenters. The molecule has 1 N–H and O–H groups in total. The third-order valence-electron chi connectivity index (χ3n) is 3.51. The van der Waals surface area contributed by atoms with Crippen LogP contribution in [-0.2, 0) is 9.53 Å². The van der Waals surface area contributed by atoms with E-state index in [-0.39, 0.29) is 5.91 Å². The van der Waals surface area contributed by atoms with Crippen LogP contribution in [0.1, 0.15) is 18.4 Å². The van der Waals surface area contributed by atoms with E-state index in [2.05, 4.69) is 10.3 Å². The summed E-state index contributed by atoms with van der Waals surface area (Å²) in [5.41, 5.74) is 1.51. The minimum absolute atomic E-state index is 0.119. The Morgan fingerprint density at radius 2 is 2.04 bits per heavy atom. The maximum Gasteiger partial charge on any atom is 0.237 e. The average Bonchev–Trinajstić information content (AvgIpc) is 2.62. The minimum atomic E-state index is -0.119. The Kier molecular flexibility index (Phi) is 8.18. The van der Waals surface area contributed by atoms with Crippen molar-refractivity contribution < 1.29 is 19.0 Å². The van der Waals surface area contributed by atoms with Gasteiger partial charge in [-0.1, -0.05) is 11.6 Å². The number of carbonyl (C=O) groups is 1. The van der Waals surface area contributed by atoms with Crippen LogP contribution in [-0.4, -0.2) is 37.8 Å². The first-order chi connectivity index (χ1) is 12.6. The molecule has 1 aromatic heterocycles. The molecule has 0 spiro atoms. The van der Waals surface area contributed by atoms with Crippen LogP contribution in [0.3, 0.4) is 0 Å². The van der Waals surface area contributed by atoms with Crippen LogP contribution in [0.25, 0.3) is 0 Å². The fourth-order valence-electron chi connectivity index (χ4n) is 2.22. The van der Waals surface area contributed by atoms with E-state index in [4.69, 9.17) is 25.8 Å². The molecule has 0 atom stereocenters. The molecule has 7 heteroatoms. The number of benzene rings is 1. The maximum atomic E-state index is 12.1. The second-order valence-electron chi connectivity index (χ2n) is 5.61. The summed E-state index contributed by atoms with van der Waals surface area (Å²) in [5, 5.41) is 3.49. The number of nitrogens with one attached hydrogen (secondary N) is 1. The monoisotopic (exact) mass is 378 g/mol. The number of nitrogens with zero attached hydrogens (tertiary/aromatic N) is 1. The average molecular weight is 379 g/mol. The van der Waals surface area contributed by atoms with Crippen molar-refractivity contribution in [2.75, 3.05) is 32.2 Å². The minimum Gasteiger partial charge on any atom is -0.493 e. The second-order valence-corrected chi connectivity index (χ2v) is 6.04. The van der Waals surface area contributed by atoms with E-state index in [1.807, 2.05) is 19.1 Å².